The fraction of sp³-hybridized carbons (Fsp3) is 0.500. The number of aromatic nitrogens is 2. The van der Waals surface area contributed by atoms with E-state index < -0.39 is 36.0 Å². The lowest BCUT2D eigenvalue weighted by Crippen LogP contribution is -2.47. The Morgan fingerprint density at radius 1 is 1.59 bits per heavy atom. The van der Waals surface area contributed by atoms with Gasteiger partial charge in [0.1, 0.15) is 17.7 Å². The summed E-state index contributed by atoms with van der Waals surface area (Å²) in [5.74, 6) is -0.534. The number of anilines is 1. The second kappa shape index (κ2) is 8.07. The van der Waals surface area contributed by atoms with E-state index in [9.17, 15) is 25.1 Å². The third-order valence-electron chi connectivity index (χ3n) is 3.87. The molecule has 0 fully saturated rings. The monoisotopic (exact) mass is 380 g/mol. The predicted molar refractivity (Wildman–Crippen MR) is 90.3 cm³/mol. The molecule has 1 aromatic heterocycles. The number of hydrogen-bond donors (Lipinski definition) is 3. The van der Waals surface area contributed by atoms with Crippen molar-refractivity contribution in [3.63, 3.8) is 0 Å². The molecule has 4 N–H and O–H groups in total. The number of carbonyl (C=O) groups excluding carboxylic acids is 1. The molecule has 0 saturated heterocycles. The van der Waals surface area contributed by atoms with Gasteiger partial charge in [-0.2, -0.15) is 10.2 Å². The number of rotatable bonds is 6. The van der Waals surface area contributed by atoms with Gasteiger partial charge < -0.3 is 30.2 Å². The van der Waals surface area contributed by atoms with Crippen molar-refractivity contribution in [1.29, 1.82) is 5.26 Å². The van der Waals surface area contributed by atoms with Crippen molar-refractivity contribution < 1.29 is 29.2 Å². The summed E-state index contributed by atoms with van der Waals surface area (Å²) in [6, 6.07) is 3.16. The first-order chi connectivity index (χ1) is 12.7. The van der Waals surface area contributed by atoms with Gasteiger partial charge in [-0.15, -0.1) is 0 Å². The molecule has 0 amide bonds. The van der Waals surface area contributed by atoms with Gasteiger partial charge in [-0.3, -0.25) is 4.57 Å². The van der Waals surface area contributed by atoms with Crippen LogP contribution in [-0.2, 0) is 19.7 Å². The summed E-state index contributed by atoms with van der Waals surface area (Å²) in [6.45, 7) is 2.61. The maximum absolute atomic E-state index is 12.1. The van der Waals surface area contributed by atoms with Crippen molar-refractivity contribution in [2.45, 2.75) is 38.0 Å². The van der Waals surface area contributed by atoms with Gasteiger partial charge in [-0.25, -0.2) is 9.59 Å². The van der Waals surface area contributed by atoms with Crippen LogP contribution in [0.15, 0.2) is 28.4 Å². The van der Waals surface area contributed by atoms with E-state index in [0.717, 1.165) is 4.57 Å². The van der Waals surface area contributed by atoms with Crippen LogP contribution >= 0.6 is 0 Å². The van der Waals surface area contributed by atoms with Crippen LogP contribution in [0.4, 0.5) is 10.6 Å². The van der Waals surface area contributed by atoms with E-state index in [1.807, 2.05) is 6.07 Å². The Hall–Kier alpha value is -3.10. The van der Waals surface area contributed by atoms with Crippen LogP contribution in [-0.4, -0.2) is 51.5 Å². The molecule has 1 aromatic rings. The molecule has 1 heterocycles. The summed E-state index contributed by atoms with van der Waals surface area (Å²) in [7, 11) is 0. The normalized spacial score (nSPS) is 22.0. The molecule has 0 spiro atoms. The Morgan fingerprint density at radius 2 is 2.30 bits per heavy atom. The zero-order chi connectivity index (χ0) is 20.2. The second-order valence-corrected chi connectivity index (χ2v) is 6.14. The van der Waals surface area contributed by atoms with Gasteiger partial charge in [0, 0.05) is 12.6 Å². The van der Waals surface area contributed by atoms with Gasteiger partial charge in [0.05, 0.1) is 18.8 Å². The molecular weight excluding hydrogens is 360 g/mol. The lowest BCUT2D eigenvalue weighted by molar-refractivity contribution is -0.0465. The van der Waals surface area contributed by atoms with E-state index in [2.05, 4.69) is 9.72 Å². The molecule has 1 aliphatic carbocycles. The van der Waals surface area contributed by atoms with Crippen LogP contribution in [0.5, 0.6) is 0 Å². The Labute approximate surface area is 154 Å². The highest BCUT2D eigenvalue weighted by molar-refractivity contribution is 5.59. The lowest BCUT2D eigenvalue weighted by Gasteiger charge is -2.27. The number of carbonyl (C=O) groups is 1. The van der Waals surface area contributed by atoms with Crippen LogP contribution in [0, 0.1) is 11.3 Å². The maximum atomic E-state index is 12.1. The van der Waals surface area contributed by atoms with Crippen LogP contribution in [0.2, 0.25) is 0 Å². The number of nitriles is 1. The standard InChI is InChI=1S/C16H20N4O7/c1-9(2)27-15(24)26-8-25-6-10-5-16(7-17,13(22)12(10)21)20-4-3-11(18)19-14(20)23/h3-4,9,13,21-22H,5-6,8H2,1-2H3,(H2,18,19,23)/t13?,16-/m0/s1. The zero-order valence-corrected chi connectivity index (χ0v) is 14.8. The van der Waals surface area contributed by atoms with E-state index in [1.165, 1.54) is 12.3 Å². The van der Waals surface area contributed by atoms with Gasteiger partial charge in [-0.1, -0.05) is 0 Å². The molecule has 11 nitrogen and oxygen atoms in total. The molecule has 11 heteroatoms. The van der Waals surface area contributed by atoms with Crippen molar-refractivity contribution in [2.24, 2.45) is 0 Å². The highest BCUT2D eigenvalue weighted by Crippen LogP contribution is 2.39. The highest BCUT2D eigenvalue weighted by Gasteiger charge is 2.50. The molecule has 27 heavy (non-hydrogen) atoms. The number of ether oxygens (including phenoxy) is 3. The summed E-state index contributed by atoms with van der Waals surface area (Å²) in [4.78, 5) is 26.9. The molecule has 1 unspecified atom stereocenters. The van der Waals surface area contributed by atoms with E-state index in [4.69, 9.17) is 15.2 Å². The van der Waals surface area contributed by atoms with Crippen LogP contribution in [0.1, 0.15) is 20.3 Å². The van der Waals surface area contributed by atoms with E-state index in [0.29, 0.717) is 0 Å². The average molecular weight is 380 g/mol. The summed E-state index contributed by atoms with van der Waals surface area (Å²) in [5, 5.41) is 30.1. The van der Waals surface area contributed by atoms with Crippen molar-refractivity contribution in [3.8, 4) is 6.07 Å². The number of nitrogen functional groups attached to an aromatic ring is 1. The lowest BCUT2D eigenvalue weighted by atomic mass is 9.94. The average Bonchev–Trinajstić information content (AvgIpc) is 2.83. The topological polar surface area (TPSA) is 170 Å². The molecule has 0 radical (unpaired) electrons. The quantitative estimate of drug-likeness (QED) is 0.351. The molecule has 0 saturated carbocycles. The van der Waals surface area contributed by atoms with Crippen molar-refractivity contribution in [1.82, 2.24) is 9.55 Å². The van der Waals surface area contributed by atoms with E-state index >= 15 is 0 Å². The Morgan fingerprint density at radius 3 is 2.89 bits per heavy atom. The van der Waals surface area contributed by atoms with Gasteiger partial charge in [0.25, 0.3) is 0 Å². The summed E-state index contributed by atoms with van der Waals surface area (Å²) in [6.07, 6.45) is -1.91. The molecule has 146 valence electrons. The molecular formula is C16H20N4O7. The Kier molecular flexibility index (Phi) is 6.04. The second-order valence-electron chi connectivity index (χ2n) is 6.14. The minimum atomic E-state index is -1.79. The van der Waals surface area contributed by atoms with Gasteiger partial charge >= 0.3 is 11.8 Å². The molecule has 2 atom stereocenters. The third kappa shape index (κ3) is 4.18. The summed E-state index contributed by atoms with van der Waals surface area (Å²) < 4.78 is 15.5. The third-order valence-corrected chi connectivity index (χ3v) is 3.87. The van der Waals surface area contributed by atoms with E-state index in [-0.39, 0.29) is 30.5 Å². The Balaban J connectivity index is 2.07. The SMILES string of the molecule is CC(C)OC(=O)OCOCC1=C(O)C(O)[C@](C#N)(n2ccc(N)nc2=O)C1. The first-order valence-corrected chi connectivity index (χ1v) is 7.98. The molecule has 2 rings (SSSR count). The smallest absolute Gasteiger partial charge is 0.509 e. The first-order valence-electron chi connectivity index (χ1n) is 7.98. The fourth-order valence-electron chi connectivity index (χ4n) is 2.63. The van der Waals surface area contributed by atoms with Crippen LogP contribution in [0.25, 0.3) is 0 Å². The van der Waals surface area contributed by atoms with Crippen LogP contribution in [0.3, 0.4) is 0 Å². The van der Waals surface area contributed by atoms with Crippen molar-refractivity contribution in [2.75, 3.05) is 19.1 Å². The maximum Gasteiger partial charge on any atom is 0.510 e. The molecule has 0 aromatic carbocycles. The largest absolute Gasteiger partial charge is 0.510 e. The minimum Gasteiger partial charge on any atom is -0.509 e. The number of aliphatic hydroxyl groups is 2. The van der Waals surface area contributed by atoms with Crippen molar-refractivity contribution in [3.05, 3.63) is 34.1 Å². The van der Waals surface area contributed by atoms with Crippen LogP contribution < -0.4 is 11.4 Å². The van der Waals surface area contributed by atoms with E-state index in [1.54, 1.807) is 13.8 Å². The molecule has 1 aliphatic rings. The molecule has 0 bridgehead atoms. The number of aliphatic hydroxyl groups excluding tert-OH is 2. The highest BCUT2D eigenvalue weighted by atomic mass is 16.8. The predicted octanol–water partition coefficient (Wildman–Crippen LogP) is 0.157. The summed E-state index contributed by atoms with van der Waals surface area (Å²) >= 11 is 0. The van der Waals surface area contributed by atoms with Crippen molar-refractivity contribution >= 4 is 12.0 Å². The molecule has 0 aliphatic heterocycles. The Bertz CT molecular complexity index is 842. The zero-order valence-electron chi connectivity index (χ0n) is 14.8. The van der Waals surface area contributed by atoms with Gasteiger partial charge in [-0.05, 0) is 25.5 Å². The fourth-order valence-corrected chi connectivity index (χ4v) is 2.63. The van der Waals surface area contributed by atoms with Gasteiger partial charge in [0.2, 0.25) is 0 Å². The minimum absolute atomic E-state index is 0.0389. The number of nitrogens with two attached hydrogens (primary N) is 1. The number of hydrogen-bond acceptors (Lipinski definition) is 10. The van der Waals surface area contributed by atoms with Gasteiger partial charge in [0.15, 0.2) is 12.3 Å². The summed E-state index contributed by atoms with van der Waals surface area (Å²) in [5.41, 5.74) is 2.97. The number of nitrogens with zero attached hydrogens (tertiary/aromatic N) is 3. The first kappa shape index (κ1) is 20.2.